The van der Waals surface area contributed by atoms with Crippen molar-refractivity contribution in [1.29, 1.82) is 0 Å². The molecule has 0 spiro atoms. The zero-order valence-electron chi connectivity index (χ0n) is 11.4. The third kappa shape index (κ3) is 3.64. The largest absolute Gasteiger partial charge is 0.416 e. The molecule has 0 aliphatic carbocycles. The Bertz CT molecular complexity index is 644. The normalized spacial score (nSPS) is 13.0. The van der Waals surface area contributed by atoms with E-state index >= 15 is 0 Å². The standard InChI is InChI=1S/C14H13ClF3N3/c1-8-13(20-6-5-19-8)9(2)21-12-7-10(14(16,17)18)3-4-11(12)15/h3-7,9,21H,1-2H3. The second-order valence-electron chi connectivity index (χ2n) is 4.59. The van der Waals surface area contributed by atoms with Crippen LogP contribution in [-0.2, 0) is 6.18 Å². The molecule has 3 nitrogen and oxygen atoms in total. The van der Waals surface area contributed by atoms with Gasteiger partial charge in [-0.05, 0) is 32.0 Å². The summed E-state index contributed by atoms with van der Waals surface area (Å²) in [4.78, 5) is 8.29. The van der Waals surface area contributed by atoms with E-state index in [1.54, 1.807) is 20.0 Å². The van der Waals surface area contributed by atoms with Gasteiger partial charge in [0.05, 0.1) is 33.7 Å². The summed E-state index contributed by atoms with van der Waals surface area (Å²) in [6.45, 7) is 3.57. The van der Waals surface area contributed by atoms with Gasteiger partial charge in [-0.25, -0.2) is 0 Å². The Labute approximate surface area is 125 Å². The summed E-state index contributed by atoms with van der Waals surface area (Å²) in [6, 6.07) is 2.85. The fourth-order valence-corrected chi connectivity index (χ4v) is 2.13. The maximum atomic E-state index is 12.7. The summed E-state index contributed by atoms with van der Waals surface area (Å²) in [5, 5.41) is 3.16. The lowest BCUT2D eigenvalue weighted by atomic mass is 10.1. The van der Waals surface area contributed by atoms with Gasteiger partial charge in [-0.15, -0.1) is 0 Å². The summed E-state index contributed by atoms with van der Waals surface area (Å²) in [5.41, 5.74) is 0.827. The van der Waals surface area contributed by atoms with Crippen molar-refractivity contribution in [3.63, 3.8) is 0 Å². The molecule has 112 valence electrons. The molecule has 2 aromatic rings. The Hall–Kier alpha value is -1.82. The molecule has 0 radical (unpaired) electrons. The van der Waals surface area contributed by atoms with E-state index < -0.39 is 11.7 Å². The van der Waals surface area contributed by atoms with Crippen LogP contribution in [0.25, 0.3) is 0 Å². The number of alkyl halides is 3. The smallest absolute Gasteiger partial charge is 0.376 e. The lowest BCUT2D eigenvalue weighted by Gasteiger charge is -2.18. The summed E-state index contributed by atoms with van der Waals surface area (Å²) < 4.78 is 38.2. The molecule has 0 aliphatic heterocycles. The number of nitrogens with zero attached hydrogens (tertiary/aromatic N) is 2. The van der Waals surface area contributed by atoms with E-state index in [2.05, 4.69) is 15.3 Å². The number of hydrogen-bond donors (Lipinski definition) is 1. The van der Waals surface area contributed by atoms with Gasteiger partial charge < -0.3 is 5.32 Å². The average molecular weight is 316 g/mol. The van der Waals surface area contributed by atoms with Crippen molar-refractivity contribution in [1.82, 2.24) is 9.97 Å². The van der Waals surface area contributed by atoms with Gasteiger partial charge in [0.1, 0.15) is 0 Å². The van der Waals surface area contributed by atoms with Crippen LogP contribution in [0, 0.1) is 6.92 Å². The van der Waals surface area contributed by atoms with Crippen molar-refractivity contribution in [3.05, 3.63) is 52.6 Å². The molecule has 21 heavy (non-hydrogen) atoms. The Morgan fingerprint density at radius 3 is 2.48 bits per heavy atom. The van der Waals surface area contributed by atoms with Gasteiger partial charge in [0.15, 0.2) is 0 Å². The van der Waals surface area contributed by atoms with Crippen LogP contribution in [0.3, 0.4) is 0 Å². The maximum absolute atomic E-state index is 12.7. The van der Waals surface area contributed by atoms with Crippen LogP contribution in [0.2, 0.25) is 5.02 Å². The van der Waals surface area contributed by atoms with Crippen molar-refractivity contribution in [2.45, 2.75) is 26.1 Å². The van der Waals surface area contributed by atoms with Gasteiger partial charge in [0, 0.05) is 12.4 Å². The monoisotopic (exact) mass is 315 g/mol. The lowest BCUT2D eigenvalue weighted by molar-refractivity contribution is -0.137. The number of benzene rings is 1. The maximum Gasteiger partial charge on any atom is 0.416 e. The molecular weight excluding hydrogens is 303 g/mol. The third-order valence-electron chi connectivity index (χ3n) is 3.00. The lowest BCUT2D eigenvalue weighted by Crippen LogP contribution is -2.12. The van der Waals surface area contributed by atoms with Crippen molar-refractivity contribution in [2.75, 3.05) is 5.32 Å². The van der Waals surface area contributed by atoms with E-state index in [1.165, 1.54) is 12.3 Å². The summed E-state index contributed by atoms with van der Waals surface area (Å²) in [6.07, 6.45) is -1.32. The topological polar surface area (TPSA) is 37.8 Å². The molecule has 1 N–H and O–H groups in total. The SMILES string of the molecule is Cc1nccnc1C(C)Nc1cc(C(F)(F)F)ccc1Cl. The minimum Gasteiger partial charge on any atom is -0.376 e. The van der Waals surface area contributed by atoms with E-state index in [0.717, 1.165) is 12.1 Å². The molecule has 0 aliphatic rings. The molecule has 0 saturated heterocycles. The number of anilines is 1. The predicted molar refractivity (Wildman–Crippen MR) is 75.3 cm³/mol. The quantitative estimate of drug-likeness (QED) is 0.897. The average Bonchev–Trinajstić information content (AvgIpc) is 2.40. The Morgan fingerprint density at radius 1 is 1.19 bits per heavy atom. The predicted octanol–water partition coefficient (Wildman–Crippen LogP) is 4.63. The summed E-state index contributed by atoms with van der Waals surface area (Å²) in [7, 11) is 0. The highest BCUT2D eigenvalue weighted by molar-refractivity contribution is 6.33. The number of aryl methyl sites for hydroxylation is 1. The Morgan fingerprint density at radius 2 is 1.86 bits per heavy atom. The van der Waals surface area contributed by atoms with Crippen LogP contribution in [0.15, 0.2) is 30.6 Å². The molecule has 1 atom stereocenters. The third-order valence-corrected chi connectivity index (χ3v) is 3.32. The highest BCUT2D eigenvalue weighted by atomic mass is 35.5. The molecule has 1 aromatic carbocycles. The van der Waals surface area contributed by atoms with E-state index in [9.17, 15) is 13.2 Å². The minimum atomic E-state index is -4.41. The van der Waals surface area contributed by atoms with Gasteiger partial charge in [0.25, 0.3) is 0 Å². The molecule has 1 heterocycles. The van der Waals surface area contributed by atoms with Gasteiger partial charge in [0.2, 0.25) is 0 Å². The first-order valence-electron chi connectivity index (χ1n) is 6.20. The van der Waals surface area contributed by atoms with Crippen molar-refractivity contribution in [2.24, 2.45) is 0 Å². The fourth-order valence-electron chi connectivity index (χ4n) is 1.96. The van der Waals surface area contributed by atoms with E-state index in [1.807, 2.05) is 0 Å². The van der Waals surface area contributed by atoms with Gasteiger partial charge in [-0.1, -0.05) is 11.6 Å². The van der Waals surface area contributed by atoms with E-state index in [0.29, 0.717) is 11.4 Å². The van der Waals surface area contributed by atoms with Crippen molar-refractivity contribution >= 4 is 17.3 Å². The van der Waals surface area contributed by atoms with Crippen LogP contribution in [0.1, 0.15) is 29.9 Å². The molecule has 0 amide bonds. The molecule has 0 fully saturated rings. The van der Waals surface area contributed by atoms with Crippen LogP contribution in [-0.4, -0.2) is 9.97 Å². The first kappa shape index (κ1) is 15.6. The Balaban J connectivity index is 2.29. The van der Waals surface area contributed by atoms with Gasteiger partial charge in [-0.2, -0.15) is 13.2 Å². The number of hydrogen-bond acceptors (Lipinski definition) is 3. The van der Waals surface area contributed by atoms with Gasteiger partial charge in [-0.3, -0.25) is 9.97 Å². The number of aromatic nitrogens is 2. The van der Waals surface area contributed by atoms with Crippen LogP contribution >= 0.6 is 11.6 Å². The van der Waals surface area contributed by atoms with Crippen LogP contribution < -0.4 is 5.32 Å². The van der Waals surface area contributed by atoms with Crippen LogP contribution in [0.5, 0.6) is 0 Å². The first-order valence-corrected chi connectivity index (χ1v) is 6.57. The van der Waals surface area contributed by atoms with Crippen molar-refractivity contribution in [3.8, 4) is 0 Å². The van der Waals surface area contributed by atoms with E-state index in [-0.39, 0.29) is 16.8 Å². The first-order chi connectivity index (χ1) is 9.79. The van der Waals surface area contributed by atoms with Gasteiger partial charge >= 0.3 is 6.18 Å². The van der Waals surface area contributed by atoms with Crippen LogP contribution in [0.4, 0.5) is 18.9 Å². The molecule has 7 heteroatoms. The fraction of sp³-hybridized carbons (Fsp3) is 0.286. The molecule has 2 rings (SSSR count). The second-order valence-corrected chi connectivity index (χ2v) is 4.99. The second kappa shape index (κ2) is 5.89. The molecule has 1 unspecified atom stereocenters. The zero-order valence-corrected chi connectivity index (χ0v) is 12.1. The number of halogens is 4. The highest BCUT2D eigenvalue weighted by Crippen LogP contribution is 2.35. The highest BCUT2D eigenvalue weighted by Gasteiger charge is 2.31. The number of rotatable bonds is 3. The molecule has 0 bridgehead atoms. The Kier molecular flexibility index (Phi) is 4.37. The minimum absolute atomic E-state index is 0.212. The molecular formula is C14H13ClF3N3. The molecule has 1 aromatic heterocycles. The van der Waals surface area contributed by atoms with Crippen molar-refractivity contribution < 1.29 is 13.2 Å². The zero-order chi connectivity index (χ0) is 15.6. The number of nitrogens with one attached hydrogen (secondary N) is 1. The molecule has 0 saturated carbocycles. The summed E-state index contributed by atoms with van der Waals surface area (Å²) >= 11 is 5.95. The van der Waals surface area contributed by atoms with E-state index in [4.69, 9.17) is 11.6 Å². The summed E-state index contributed by atoms with van der Waals surface area (Å²) in [5.74, 6) is 0.